The fourth-order valence-electron chi connectivity index (χ4n) is 1.17. The maximum Gasteiger partial charge on any atom is 0.224 e. The van der Waals surface area contributed by atoms with Crippen molar-refractivity contribution in [2.24, 2.45) is 0 Å². The highest BCUT2D eigenvalue weighted by Gasteiger charge is 2.02. The average molecular weight is 206 g/mol. The number of hydrogen-bond donors (Lipinski definition) is 2. The maximum atomic E-state index is 11.1. The first kappa shape index (κ1) is 11.2. The maximum absolute atomic E-state index is 11.1. The Kier molecular flexibility index (Phi) is 3.85. The van der Waals surface area contributed by atoms with Crippen LogP contribution in [-0.4, -0.2) is 12.3 Å². The molecule has 0 aromatic heterocycles. The van der Waals surface area contributed by atoms with E-state index in [1.807, 2.05) is 13.0 Å². The van der Waals surface area contributed by atoms with Crippen LogP contribution >= 0.6 is 0 Å². The standard InChI is InChI=1S/C11H14N2O2/c1-3-11(15)13-9-5-4-8(2)10(6-9)12-7-14/h4-7H,3H2,1-2H3,(H,12,14)(H,13,15). The van der Waals surface area contributed by atoms with E-state index in [0.29, 0.717) is 24.2 Å². The van der Waals surface area contributed by atoms with Crippen molar-refractivity contribution in [3.63, 3.8) is 0 Å². The first-order valence-corrected chi connectivity index (χ1v) is 4.78. The minimum absolute atomic E-state index is 0.0455. The van der Waals surface area contributed by atoms with Gasteiger partial charge in [0, 0.05) is 17.8 Å². The van der Waals surface area contributed by atoms with Gasteiger partial charge in [0.2, 0.25) is 12.3 Å². The Hall–Kier alpha value is -1.84. The summed E-state index contributed by atoms with van der Waals surface area (Å²) in [4.78, 5) is 21.5. The summed E-state index contributed by atoms with van der Waals surface area (Å²) in [5, 5.41) is 5.30. The van der Waals surface area contributed by atoms with E-state index in [1.165, 1.54) is 0 Å². The molecule has 0 unspecified atom stereocenters. The molecule has 15 heavy (non-hydrogen) atoms. The van der Waals surface area contributed by atoms with Crippen molar-refractivity contribution in [2.75, 3.05) is 10.6 Å². The van der Waals surface area contributed by atoms with E-state index in [9.17, 15) is 9.59 Å². The molecule has 0 bridgehead atoms. The molecule has 0 aliphatic rings. The van der Waals surface area contributed by atoms with Crippen molar-refractivity contribution in [2.45, 2.75) is 20.3 Å². The third kappa shape index (κ3) is 3.09. The second-order valence-electron chi connectivity index (χ2n) is 3.19. The Morgan fingerprint density at radius 1 is 1.47 bits per heavy atom. The highest BCUT2D eigenvalue weighted by Crippen LogP contribution is 2.19. The van der Waals surface area contributed by atoms with Gasteiger partial charge in [-0.2, -0.15) is 0 Å². The summed E-state index contributed by atoms with van der Waals surface area (Å²) in [5.41, 5.74) is 2.35. The summed E-state index contributed by atoms with van der Waals surface area (Å²) in [5.74, 6) is -0.0455. The molecule has 2 N–H and O–H groups in total. The van der Waals surface area contributed by atoms with Crippen LogP contribution in [0.3, 0.4) is 0 Å². The number of benzene rings is 1. The van der Waals surface area contributed by atoms with Crippen LogP contribution in [0, 0.1) is 6.92 Å². The summed E-state index contributed by atoms with van der Waals surface area (Å²) < 4.78 is 0. The zero-order valence-electron chi connectivity index (χ0n) is 8.83. The van der Waals surface area contributed by atoms with E-state index >= 15 is 0 Å². The number of anilines is 2. The fourth-order valence-corrected chi connectivity index (χ4v) is 1.17. The molecular weight excluding hydrogens is 192 g/mol. The van der Waals surface area contributed by atoms with Crippen molar-refractivity contribution in [3.8, 4) is 0 Å². The van der Waals surface area contributed by atoms with Gasteiger partial charge >= 0.3 is 0 Å². The van der Waals surface area contributed by atoms with Gasteiger partial charge in [-0.25, -0.2) is 0 Å². The van der Waals surface area contributed by atoms with Crippen LogP contribution in [0.1, 0.15) is 18.9 Å². The summed E-state index contributed by atoms with van der Waals surface area (Å²) in [6.07, 6.45) is 1.05. The van der Waals surface area contributed by atoms with Gasteiger partial charge in [0.05, 0.1) is 0 Å². The molecule has 0 saturated carbocycles. The van der Waals surface area contributed by atoms with Crippen molar-refractivity contribution in [1.82, 2.24) is 0 Å². The van der Waals surface area contributed by atoms with E-state index in [4.69, 9.17) is 0 Å². The molecule has 0 aliphatic heterocycles. The van der Waals surface area contributed by atoms with Gasteiger partial charge in [-0.3, -0.25) is 9.59 Å². The van der Waals surface area contributed by atoms with Crippen molar-refractivity contribution >= 4 is 23.7 Å². The van der Waals surface area contributed by atoms with E-state index in [0.717, 1.165) is 5.56 Å². The second-order valence-corrected chi connectivity index (χ2v) is 3.19. The molecule has 2 amide bonds. The lowest BCUT2D eigenvalue weighted by atomic mass is 10.2. The molecule has 1 aromatic carbocycles. The van der Waals surface area contributed by atoms with E-state index in [1.54, 1.807) is 19.1 Å². The topological polar surface area (TPSA) is 58.2 Å². The molecule has 4 nitrogen and oxygen atoms in total. The van der Waals surface area contributed by atoms with E-state index in [2.05, 4.69) is 10.6 Å². The predicted octanol–water partition coefficient (Wildman–Crippen LogP) is 1.91. The SMILES string of the molecule is CCC(=O)Nc1ccc(C)c(NC=O)c1. The highest BCUT2D eigenvalue weighted by atomic mass is 16.1. The molecule has 0 radical (unpaired) electrons. The van der Waals surface area contributed by atoms with Gasteiger partial charge in [-0.1, -0.05) is 13.0 Å². The Morgan fingerprint density at radius 3 is 2.80 bits per heavy atom. The van der Waals surface area contributed by atoms with Crippen molar-refractivity contribution in [3.05, 3.63) is 23.8 Å². The molecule has 1 rings (SSSR count). The van der Waals surface area contributed by atoms with Crippen LogP contribution < -0.4 is 10.6 Å². The van der Waals surface area contributed by atoms with Crippen LogP contribution in [0.5, 0.6) is 0 Å². The lowest BCUT2D eigenvalue weighted by molar-refractivity contribution is -0.115. The third-order valence-electron chi connectivity index (χ3n) is 2.06. The first-order chi connectivity index (χ1) is 7.17. The smallest absolute Gasteiger partial charge is 0.224 e. The van der Waals surface area contributed by atoms with Crippen molar-refractivity contribution in [1.29, 1.82) is 0 Å². The first-order valence-electron chi connectivity index (χ1n) is 4.78. The molecule has 4 heteroatoms. The minimum Gasteiger partial charge on any atom is -0.328 e. The quantitative estimate of drug-likeness (QED) is 0.739. The third-order valence-corrected chi connectivity index (χ3v) is 2.06. The molecule has 0 aliphatic carbocycles. The normalized spacial score (nSPS) is 9.47. The molecule has 0 saturated heterocycles. The van der Waals surface area contributed by atoms with Crippen LogP contribution in [-0.2, 0) is 9.59 Å². The zero-order valence-corrected chi connectivity index (χ0v) is 8.83. The van der Waals surface area contributed by atoms with Gasteiger partial charge in [-0.05, 0) is 24.6 Å². The molecule has 0 spiro atoms. The molecule has 0 heterocycles. The predicted molar refractivity (Wildman–Crippen MR) is 59.8 cm³/mol. The number of nitrogens with one attached hydrogen (secondary N) is 2. The number of carbonyl (C=O) groups excluding carboxylic acids is 2. The molecular formula is C11H14N2O2. The Labute approximate surface area is 88.7 Å². The average Bonchev–Trinajstić information content (AvgIpc) is 2.23. The number of hydrogen-bond acceptors (Lipinski definition) is 2. The Balaban J connectivity index is 2.86. The largest absolute Gasteiger partial charge is 0.328 e. The van der Waals surface area contributed by atoms with E-state index in [-0.39, 0.29) is 5.91 Å². The fraction of sp³-hybridized carbons (Fsp3) is 0.273. The summed E-state index contributed by atoms with van der Waals surface area (Å²) in [6, 6.07) is 5.38. The Morgan fingerprint density at radius 2 is 2.20 bits per heavy atom. The highest BCUT2D eigenvalue weighted by molar-refractivity contribution is 5.91. The minimum atomic E-state index is -0.0455. The zero-order chi connectivity index (χ0) is 11.3. The molecule has 0 fully saturated rings. The summed E-state index contributed by atoms with van der Waals surface area (Å²) in [6.45, 7) is 3.67. The van der Waals surface area contributed by atoms with Gasteiger partial charge < -0.3 is 10.6 Å². The second kappa shape index (κ2) is 5.14. The monoisotopic (exact) mass is 206 g/mol. The lowest BCUT2D eigenvalue weighted by Crippen LogP contribution is -2.09. The summed E-state index contributed by atoms with van der Waals surface area (Å²) in [7, 11) is 0. The van der Waals surface area contributed by atoms with Crippen LogP contribution in [0.25, 0.3) is 0 Å². The number of amides is 2. The summed E-state index contributed by atoms with van der Waals surface area (Å²) >= 11 is 0. The lowest BCUT2D eigenvalue weighted by Gasteiger charge is -2.08. The molecule has 80 valence electrons. The van der Waals surface area contributed by atoms with Gasteiger partial charge in [0.25, 0.3) is 0 Å². The number of rotatable bonds is 4. The molecule has 0 atom stereocenters. The van der Waals surface area contributed by atoms with Crippen molar-refractivity contribution < 1.29 is 9.59 Å². The Bertz CT molecular complexity index is 375. The van der Waals surface area contributed by atoms with Gasteiger partial charge in [0.15, 0.2) is 0 Å². The van der Waals surface area contributed by atoms with Crippen LogP contribution in [0.2, 0.25) is 0 Å². The molecule has 1 aromatic rings. The number of aryl methyl sites for hydroxylation is 1. The van der Waals surface area contributed by atoms with Crippen LogP contribution in [0.4, 0.5) is 11.4 Å². The number of carbonyl (C=O) groups is 2. The van der Waals surface area contributed by atoms with E-state index < -0.39 is 0 Å². The van der Waals surface area contributed by atoms with Gasteiger partial charge in [-0.15, -0.1) is 0 Å². The van der Waals surface area contributed by atoms with Crippen LogP contribution in [0.15, 0.2) is 18.2 Å². The van der Waals surface area contributed by atoms with Gasteiger partial charge in [0.1, 0.15) is 0 Å².